The molecule has 0 aliphatic carbocycles. The van der Waals surface area contributed by atoms with Gasteiger partial charge < -0.3 is 14.8 Å². The maximum atomic E-state index is 12.1. The van der Waals surface area contributed by atoms with E-state index in [9.17, 15) is 9.59 Å². The minimum absolute atomic E-state index is 0.0000122. The number of aryl methyl sites for hydroxylation is 1. The lowest BCUT2D eigenvalue weighted by Gasteiger charge is -2.12. The summed E-state index contributed by atoms with van der Waals surface area (Å²) in [5, 5.41) is 5.83. The summed E-state index contributed by atoms with van der Waals surface area (Å²) >= 11 is 7.51. The van der Waals surface area contributed by atoms with Crippen LogP contribution in [0.2, 0.25) is 5.02 Å². The van der Waals surface area contributed by atoms with Crippen molar-refractivity contribution in [3.8, 4) is 16.3 Å². The zero-order chi connectivity index (χ0) is 20.8. The first-order valence-electron chi connectivity index (χ1n) is 8.75. The molecule has 1 amide bonds. The van der Waals surface area contributed by atoms with E-state index in [2.05, 4.69) is 10.3 Å². The van der Waals surface area contributed by atoms with Crippen LogP contribution in [0.1, 0.15) is 11.3 Å². The van der Waals surface area contributed by atoms with E-state index in [4.69, 9.17) is 21.1 Å². The van der Waals surface area contributed by atoms with Crippen LogP contribution in [-0.4, -0.2) is 30.6 Å². The van der Waals surface area contributed by atoms with Crippen LogP contribution in [0.5, 0.6) is 5.75 Å². The van der Waals surface area contributed by atoms with Gasteiger partial charge in [0.15, 0.2) is 6.61 Å². The molecule has 0 unspecified atom stereocenters. The van der Waals surface area contributed by atoms with E-state index in [1.54, 1.807) is 12.1 Å². The van der Waals surface area contributed by atoms with Gasteiger partial charge in [0.2, 0.25) is 0 Å². The fourth-order valence-electron chi connectivity index (χ4n) is 2.56. The number of ether oxygens (including phenoxy) is 2. The highest BCUT2D eigenvalue weighted by atomic mass is 35.5. The molecule has 0 saturated carbocycles. The van der Waals surface area contributed by atoms with Crippen molar-refractivity contribution in [3.63, 3.8) is 0 Å². The third kappa shape index (κ3) is 5.56. The van der Waals surface area contributed by atoms with Crippen molar-refractivity contribution in [2.45, 2.75) is 13.3 Å². The number of aromatic nitrogens is 1. The Kier molecular flexibility index (Phi) is 6.85. The van der Waals surface area contributed by atoms with Crippen molar-refractivity contribution in [2.24, 2.45) is 0 Å². The van der Waals surface area contributed by atoms with Crippen molar-refractivity contribution in [1.29, 1.82) is 0 Å². The van der Waals surface area contributed by atoms with Gasteiger partial charge in [0.05, 0.1) is 24.9 Å². The Hall–Kier alpha value is -2.90. The van der Waals surface area contributed by atoms with Crippen molar-refractivity contribution in [1.82, 2.24) is 4.98 Å². The van der Waals surface area contributed by atoms with Crippen LogP contribution in [0, 0.1) is 6.92 Å². The lowest BCUT2D eigenvalue weighted by Crippen LogP contribution is -2.22. The second-order valence-electron chi connectivity index (χ2n) is 6.20. The molecule has 0 saturated heterocycles. The minimum atomic E-state index is -0.524. The molecular weight excluding hydrogens is 412 g/mol. The van der Waals surface area contributed by atoms with Gasteiger partial charge in [-0.3, -0.25) is 9.59 Å². The highest BCUT2D eigenvalue weighted by Gasteiger charge is 2.14. The maximum absolute atomic E-state index is 12.1. The Morgan fingerprint density at radius 1 is 1.21 bits per heavy atom. The number of thiazole rings is 1. The largest absolute Gasteiger partial charge is 0.495 e. The number of carbonyl (C=O) groups excluding carboxylic acids is 2. The number of rotatable bonds is 7. The zero-order valence-corrected chi connectivity index (χ0v) is 17.5. The molecular formula is C21H19ClN2O4S. The molecule has 1 aromatic heterocycles. The molecule has 0 bridgehead atoms. The second-order valence-corrected chi connectivity index (χ2v) is 7.46. The van der Waals surface area contributed by atoms with Crippen LogP contribution in [-0.2, 0) is 20.7 Å². The van der Waals surface area contributed by atoms with Gasteiger partial charge in [0, 0.05) is 22.0 Å². The van der Waals surface area contributed by atoms with E-state index >= 15 is 0 Å². The first-order chi connectivity index (χ1) is 14.0. The number of hydrogen-bond donors (Lipinski definition) is 1. The number of carbonyl (C=O) groups is 2. The predicted molar refractivity (Wildman–Crippen MR) is 114 cm³/mol. The molecule has 1 N–H and O–H groups in total. The summed E-state index contributed by atoms with van der Waals surface area (Å²) in [4.78, 5) is 28.6. The normalized spacial score (nSPS) is 10.4. The molecule has 0 radical (unpaired) electrons. The summed E-state index contributed by atoms with van der Waals surface area (Å²) < 4.78 is 10.3. The number of amides is 1. The van der Waals surface area contributed by atoms with E-state index in [1.807, 2.05) is 42.6 Å². The monoisotopic (exact) mass is 430 g/mol. The van der Waals surface area contributed by atoms with Gasteiger partial charge in [-0.15, -0.1) is 11.3 Å². The molecule has 2 aromatic carbocycles. The van der Waals surface area contributed by atoms with Crippen LogP contribution in [0.4, 0.5) is 5.69 Å². The van der Waals surface area contributed by atoms with Crippen LogP contribution >= 0.6 is 22.9 Å². The first kappa shape index (κ1) is 20.8. The van der Waals surface area contributed by atoms with E-state index < -0.39 is 18.5 Å². The van der Waals surface area contributed by atoms with E-state index in [1.165, 1.54) is 18.4 Å². The second kappa shape index (κ2) is 9.54. The lowest BCUT2D eigenvalue weighted by molar-refractivity contribution is -0.146. The molecule has 0 aliphatic heterocycles. The van der Waals surface area contributed by atoms with Gasteiger partial charge in [0.1, 0.15) is 10.8 Å². The van der Waals surface area contributed by atoms with Crippen LogP contribution < -0.4 is 10.1 Å². The van der Waals surface area contributed by atoms with Gasteiger partial charge in [-0.25, -0.2) is 4.98 Å². The summed E-state index contributed by atoms with van der Waals surface area (Å²) in [7, 11) is 1.48. The third-order valence-corrected chi connectivity index (χ3v) is 5.36. The summed E-state index contributed by atoms with van der Waals surface area (Å²) in [5.41, 5.74) is 2.85. The van der Waals surface area contributed by atoms with Crippen molar-refractivity contribution >= 4 is 40.5 Å². The minimum Gasteiger partial charge on any atom is -0.495 e. The van der Waals surface area contributed by atoms with Gasteiger partial charge >= 0.3 is 5.97 Å². The number of anilines is 1. The van der Waals surface area contributed by atoms with Gasteiger partial charge in [0.25, 0.3) is 5.91 Å². The first-order valence-corrected chi connectivity index (χ1v) is 10.0. The predicted octanol–water partition coefficient (Wildman–Crippen LogP) is 4.50. The number of nitrogens with zero attached hydrogens (tertiary/aromatic N) is 1. The molecule has 1 heterocycles. The van der Waals surface area contributed by atoms with Crippen LogP contribution in [0.25, 0.3) is 10.6 Å². The zero-order valence-electron chi connectivity index (χ0n) is 15.9. The number of benzene rings is 2. The summed E-state index contributed by atoms with van der Waals surface area (Å²) in [6.45, 7) is 1.41. The smallest absolute Gasteiger partial charge is 0.312 e. The molecule has 0 spiro atoms. The van der Waals surface area contributed by atoms with Crippen molar-refractivity contribution in [2.75, 3.05) is 19.0 Å². The van der Waals surface area contributed by atoms with Gasteiger partial charge in [-0.2, -0.15) is 0 Å². The standard InChI is InChI=1S/C21H19ClN2O4S/c1-13-8-17(18(27-2)10-16(13)22)24-19(25)11-28-20(26)9-15-12-29-21(23-15)14-6-4-3-5-7-14/h3-8,10,12H,9,11H2,1-2H3,(H,24,25). The molecule has 0 aliphatic rings. The van der Waals surface area contributed by atoms with Crippen LogP contribution in [0.3, 0.4) is 0 Å². The Balaban J connectivity index is 1.53. The Bertz CT molecular complexity index is 1020. The Morgan fingerprint density at radius 3 is 2.69 bits per heavy atom. The third-order valence-electron chi connectivity index (χ3n) is 4.02. The number of hydrogen-bond acceptors (Lipinski definition) is 6. The van der Waals surface area contributed by atoms with Crippen LogP contribution in [0.15, 0.2) is 47.8 Å². The van der Waals surface area contributed by atoms with E-state index in [-0.39, 0.29) is 6.42 Å². The molecule has 29 heavy (non-hydrogen) atoms. The fraction of sp³-hybridized carbons (Fsp3) is 0.190. The summed E-state index contributed by atoms with van der Waals surface area (Å²) in [6.07, 6.45) is -0.0000122. The Labute approximate surface area is 177 Å². The lowest BCUT2D eigenvalue weighted by atomic mass is 10.2. The quantitative estimate of drug-likeness (QED) is 0.558. The van der Waals surface area contributed by atoms with Gasteiger partial charge in [-0.05, 0) is 18.6 Å². The number of nitrogens with one attached hydrogen (secondary N) is 1. The summed E-state index contributed by atoms with van der Waals surface area (Å²) in [5.74, 6) is -0.567. The SMILES string of the molecule is COc1cc(Cl)c(C)cc1NC(=O)COC(=O)Cc1csc(-c2ccccc2)n1. The number of esters is 1. The molecule has 3 rings (SSSR count). The average Bonchev–Trinajstić information content (AvgIpc) is 3.18. The highest BCUT2D eigenvalue weighted by Crippen LogP contribution is 2.30. The van der Waals surface area contributed by atoms with E-state index in [0.717, 1.165) is 16.1 Å². The molecule has 0 fully saturated rings. The topological polar surface area (TPSA) is 77.5 Å². The summed E-state index contributed by atoms with van der Waals surface area (Å²) in [6, 6.07) is 13.0. The average molecular weight is 431 g/mol. The molecule has 8 heteroatoms. The van der Waals surface area contributed by atoms with Crippen molar-refractivity contribution in [3.05, 3.63) is 64.1 Å². The molecule has 0 atom stereocenters. The fourth-order valence-corrected chi connectivity index (χ4v) is 3.54. The number of methoxy groups -OCH3 is 1. The van der Waals surface area contributed by atoms with Crippen molar-refractivity contribution < 1.29 is 19.1 Å². The number of halogens is 1. The van der Waals surface area contributed by atoms with Gasteiger partial charge in [-0.1, -0.05) is 41.9 Å². The van der Waals surface area contributed by atoms with E-state index in [0.29, 0.717) is 22.2 Å². The highest BCUT2D eigenvalue weighted by molar-refractivity contribution is 7.13. The Morgan fingerprint density at radius 2 is 1.97 bits per heavy atom. The molecule has 150 valence electrons. The maximum Gasteiger partial charge on any atom is 0.312 e. The molecule has 3 aromatic rings. The molecule has 6 nitrogen and oxygen atoms in total.